The Kier molecular flexibility index (Phi) is 28.1. The van der Waals surface area contributed by atoms with Crippen molar-refractivity contribution in [1.82, 2.24) is 0 Å². The summed E-state index contributed by atoms with van der Waals surface area (Å²) in [4.78, 5) is 25.2. The van der Waals surface area contributed by atoms with Crippen molar-refractivity contribution < 1.29 is 19.1 Å². The molecule has 0 aliphatic carbocycles. The van der Waals surface area contributed by atoms with Gasteiger partial charge < -0.3 is 9.47 Å². The van der Waals surface area contributed by atoms with Crippen LogP contribution in [-0.2, 0) is 19.1 Å². The molecule has 0 fully saturated rings. The van der Waals surface area contributed by atoms with Crippen molar-refractivity contribution in [2.75, 3.05) is 0 Å². The van der Waals surface area contributed by atoms with E-state index in [0.29, 0.717) is 0 Å². The van der Waals surface area contributed by atoms with Gasteiger partial charge in [-0.15, -0.1) is 0 Å². The van der Waals surface area contributed by atoms with E-state index >= 15 is 0 Å². The summed E-state index contributed by atoms with van der Waals surface area (Å²) in [6.07, 6.45) is 28.5. The summed E-state index contributed by atoms with van der Waals surface area (Å²) in [6.45, 7) is 8.92. The van der Waals surface area contributed by atoms with E-state index in [1.807, 2.05) is 0 Å². The van der Waals surface area contributed by atoms with Crippen LogP contribution in [0.15, 0.2) is 0 Å². The van der Waals surface area contributed by atoms with Crippen LogP contribution in [0.1, 0.15) is 195 Å². The molecule has 0 spiro atoms. The minimum absolute atomic E-state index is 0.000502. The average Bonchev–Trinajstić information content (AvgIpc) is 2.91. The second-order valence-corrected chi connectivity index (χ2v) is 11.5. The van der Waals surface area contributed by atoms with Crippen molar-refractivity contribution in [3.05, 3.63) is 0 Å². The zero-order valence-electron chi connectivity index (χ0n) is 26.2. The van der Waals surface area contributed by atoms with Crippen LogP contribution in [0.2, 0.25) is 0 Å². The second kappa shape index (κ2) is 28.9. The molecule has 0 bridgehead atoms. The molecule has 1 unspecified atom stereocenters. The average molecular weight is 539 g/mol. The summed E-state index contributed by atoms with van der Waals surface area (Å²) in [5.74, 6) is -0.464. The Morgan fingerprint density at radius 2 is 0.632 bits per heavy atom. The molecule has 0 amide bonds. The quantitative estimate of drug-likeness (QED) is 0.0702. The fraction of sp³-hybridized carbons (Fsp3) is 0.941. The van der Waals surface area contributed by atoms with Crippen molar-refractivity contribution in [3.8, 4) is 0 Å². The van der Waals surface area contributed by atoms with Gasteiger partial charge in [0.25, 0.3) is 0 Å². The van der Waals surface area contributed by atoms with Crippen LogP contribution in [0, 0.1) is 0 Å². The molecule has 38 heavy (non-hydrogen) atoms. The van der Waals surface area contributed by atoms with Crippen LogP contribution >= 0.6 is 0 Å². The van der Waals surface area contributed by atoms with Crippen LogP contribution in [0.25, 0.3) is 0 Å². The van der Waals surface area contributed by atoms with Crippen LogP contribution in [0.5, 0.6) is 0 Å². The zero-order chi connectivity index (χ0) is 28.1. The van der Waals surface area contributed by atoms with E-state index < -0.39 is 0 Å². The van der Waals surface area contributed by atoms with E-state index in [1.165, 1.54) is 103 Å². The maximum atomic E-state index is 12.6. The molecular weight excluding hydrogens is 472 g/mol. The minimum Gasteiger partial charge on any atom is -0.462 e. The lowest BCUT2D eigenvalue weighted by molar-refractivity contribution is -0.156. The molecule has 0 aromatic heterocycles. The van der Waals surface area contributed by atoms with Crippen LogP contribution in [0.4, 0.5) is 0 Å². The first kappa shape index (κ1) is 36.9. The molecule has 0 radical (unpaired) electrons. The molecule has 1 atom stereocenters. The predicted octanol–water partition coefficient (Wildman–Crippen LogP) is 11.0. The third-order valence-corrected chi connectivity index (χ3v) is 7.65. The highest BCUT2D eigenvalue weighted by molar-refractivity contribution is 5.77. The van der Waals surface area contributed by atoms with E-state index in [-0.39, 0.29) is 37.0 Å². The molecule has 0 aliphatic rings. The van der Waals surface area contributed by atoms with Gasteiger partial charge in [-0.1, -0.05) is 130 Å². The van der Waals surface area contributed by atoms with E-state index in [2.05, 4.69) is 27.7 Å². The lowest BCUT2D eigenvalue weighted by Crippen LogP contribution is -2.21. The number of carbonyl (C=O) groups is 2. The molecule has 0 rings (SSSR count). The van der Waals surface area contributed by atoms with Crippen molar-refractivity contribution in [1.29, 1.82) is 0 Å². The number of unbranched alkanes of at least 4 members (excludes halogenated alkanes) is 16. The Labute approximate surface area is 237 Å². The fourth-order valence-corrected chi connectivity index (χ4v) is 5.12. The Morgan fingerprint density at radius 1 is 0.395 bits per heavy atom. The molecule has 0 aromatic carbocycles. The standard InChI is InChI=1S/C34H66O4/c1-5-9-13-17-20-24-28-31(25-21-16-12-8-4)37-33(35)29-30-34(36)38-32(26-22-18-14-10-6-2)27-23-19-15-11-7-3/h31-32H,5-30H2,1-4H3. The Hall–Kier alpha value is -1.06. The smallest absolute Gasteiger partial charge is 0.306 e. The molecule has 0 heterocycles. The monoisotopic (exact) mass is 538 g/mol. The summed E-state index contributed by atoms with van der Waals surface area (Å²) >= 11 is 0. The fourth-order valence-electron chi connectivity index (χ4n) is 5.12. The van der Waals surface area contributed by atoms with Gasteiger partial charge in [-0.2, -0.15) is 0 Å². The first-order valence-electron chi connectivity index (χ1n) is 17.0. The molecular formula is C34H66O4. The van der Waals surface area contributed by atoms with Gasteiger partial charge >= 0.3 is 11.9 Å². The van der Waals surface area contributed by atoms with Gasteiger partial charge in [0, 0.05) is 0 Å². The van der Waals surface area contributed by atoms with Crippen molar-refractivity contribution >= 4 is 11.9 Å². The first-order chi connectivity index (χ1) is 18.6. The van der Waals surface area contributed by atoms with E-state index in [4.69, 9.17) is 9.47 Å². The molecule has 0 saturated heterocycles. The number of carbonyl (C=O) groups excluding carboxylic acids is 2. The van der Waals surface area contributed by atoms with Gasteiger partial charge in [0.05, 0.1) is 12.8 Å². The Bertz CT molecular complexity index is 505. The molecule has 0 aliphatic heterocycles. The minimum atomic E-state index is -0.232. The maximum absolute atomic E-state index is 12.6. The highest BCUT2D eigenvalue weighted by atomic mass is 16.5. The lowest BCUT2D eigenvalue weighted by Gasteiger charge is -2.19. The number of esters is 2. The molecule has 4 heteroatoms. The first-order valence-corrected chi connectivity index (χ1v) is 17.0. The summed E-state index contributed by atoms with van der Waals surface area (Å²) in [6, 6.07) is 0. The van der Waals surface area contributed by atoms with Gasteiger partial charge in [0.2, 0.25) is 0 Å². The number of hydrogen-bond acceptors (Lipinski definition) is 4. The highest BCUT2D eigenvalue weighted by Gasteiger charge is 2.18. The number of ether oxygens (including phenoxy) is 2. The lowest BCUT2D eigenvalue weighted by atomic mass is 10.0. The third-order valence-electron chi connectivity index (χ3n) is 7.65. The van der Waals surface area contributed by atoms with Crippen LogP contribution in [-0.4, -0.2) is 24.1 Å². The SMILES string of the molecule is CCCCCCCCC(CCCCCC)OC(=O)CCC(=O)OC(CCCCCCC)CCCCCCC. The number of rotatable bonds is 29. The zero-order valence-corrected chi connectivity index (χ0v) is 26.2. The summed E-state index contributed by atoms with van der Waals surface area (Å²) in [7, 11) is 0. The topological polar surface area (TPSA) is 52.6 Å². The van der Waals surface area contributed by atoms with Gasteiger partial charge in [0.1, 0.15) is 12.2 Å². The van der Waals surface area contributed by atoms with E-state index in [1.54, 1.807) is 0 Å². The van der Waals surface area contributed by atoms with Crippen molar-refractivity contribution in [2.45, 2.75) is 207 Å². The van der Waals surface area contributed by atoms with Gasteiger partial charge in [-0.25, -0.2) is 0 Å². The summed E-state index contributed by atoms with van der Waals surface area (Å²) in [5, 5.41) is 0. The van der Waals surface area contributed by atoms with Crippen molar-refractivity contribution in [2.24, 2.45) is 0 Å². The van der Waals surface area contributed by atoms with E-state index in [0.717, 1.165) is 51.4 Å². The predicted molar refractivity (Wildman–Crippen MR) is 162 cm³/mol. The molecule has 0 saturated carbocycles. The molecule has 226 valence electrons. The maximum Gasteiger partial charge on any atom is 0.306 e. The third kappa shape index (κ3) is 25.2. The second-order valence-electron chi connectivity index (χ2n) is 11.5. The normalized spacial score (nSPS) is 12.1. The van der Waals surface area contributed by atoms with Crippen molar-refractivity contribution in [3.63, 3.8) is 0 Å². The Balaban J connectivity index is 4.51. The molecule has 4 nitrogen and oxygen atoms in total. The molecule has 0 N–H and O–H groups in total. The Morgan fingerprint density at radius 3 is 0.921 bits per heavy atom. The van der Waals surface area contributed by atoms with Gasteiger partial charge in [-0.05, 0) is 51.4 Å². The van der Waals surface area contributed by atoms with Gasteiger partial charge in [-0.3, -0.25) is 9.59 Å². The summed E-state index contributed by atoms with van der Waals surface area (Å²) in [5.41, 5.74) is 0. The van der Waals surface area contributed by atoms with Gasteiger partial charge in [0.15, 0.2) is 0 Å². The largest absolute Gasteiger partial charge is 0.462 e. The number of hydrogen-bond donors (Lipinski definition) is 0. The highest BCUT2D eigenvalue weighted by Crippen LogP contribution is 2.19. The van der Waals surface area contributed by atoms with Crippen LogP contribution < -0.4 is 0 Å². The van der Waals surface area contributed by atoms with Crippen LogP contribution in [0.3, 0.4) is 0 Å². The van der Waals surface area contributed by atoms with E-state index in [9.17, 15) is 9.59 Å². The summed E-state index contributed by atoms with van der Waals surface area (Å²) < 4.78 is 11.7. The molecule has 0 aromatic rings.